The van der Waals surface area contributed by atoms with Crippen LogP contribution in [0.2, 0.25) is 0 Å². The van der Waals surface area contributed by atoms with Crippen LogP contribution in [-0.4, -0.2) is 23.2 Å². The molecule has 0 unspecified atom stereocenters. The molecule has 1 aromatic rings. The van der Waals surface area contributed by atoms with Crippen molar-refractivity contribution < 1.29 is 5.11 Å². The van der Waals surface area contributed by atoms with Gasteiger partial charge in [-0.3, -0.25) is 0 Å². The van der Waals surface area contributed by atoms with Gasteiger partial charge in [-0.05, 0) is 41.9 Å². The largest absolute Gasteiger partial charge is 0.396 e. The number of nitrogens with zero attached hydrogens (tertiary/aromatic N) is 4. The number of unbranched alkanes of at least 4 members (excludes halogenated alkanes) is 3. The molecule has 0 radical (unpaired) electrons. The first-order valence-electron chi connectivity index (χ1n) is 9.21. The molecule has 0 fully saturated rings. The number of allylic oxidation sites excluding steroid dienone is 4. The van der Waals surface area contributed by atoms with E-state index in [1.54, 1.807) is 24.3 Å². The van der Waals surface area contributed by atoms with E-state index in [0.717, 1.165) is 43.0 Å². The highest BCUT2D eigenvalue weighted by Crippen LogP contribution is 2.13. The van der Waals surface area contributed by atoms with Crippen molar-refractivity contribution in [2.75, 3.05) is 13.2 Å². The fraction of sp³-hybridized carbons (Fsp3) is 0.261. The number of rotatable bonds is 7. The van der Waals surface area contributed by atoms with Gasteiger partial charge in [-0.25, -0.2) is 0 Å². The van der Waals surface area contributed by atoms with Crippen LogP contribution in [0.5, 0.6) is 0 Å². The van der Waals surface area contributed by atoms with Crippen molar-refractivity contribution in [1.29, 1.82) is 15.8 Å². The van der Waals surface area contributed by atoms with Crippen LogP contribution >= 0.6 is 0 Å². The van der Waals surface area contributed by atoms with Gasteiger partial charge in [0.15, 0.2) is 0 Å². The minimum Gasteiger partial charge on any atom is -0.396 e. The summed E-state index contributed by atoms with van der Waals surface area (Å²) in [6.07, 6.45) is 13.8. The Morgan fingerprint density at radius 3 is 2.04 bits per heavy atom. The SMILES string of the molecule is N#CC(C#N)=c1ccc(=C(C#N)C=C2C=CN(CCCCCCO)C=C2)cc1. The minimum absolute atomic E-state index is 0.0537. The highest BCUT2D eigenvalue weighted by atomic mass is 16.2. The molecule has 2 rings (SSSR count). The summed E-state index contributed by atoms with van der Waals surface area (Å²) in [4.78, 5) is 2.11. The summed E-state index contributed by atoms with van der Waals surface area (Å²) in [7, 11) is 0. The molecule has 1 heterocycles. The molecule has 0 amide bonds. The van der Waals surface area contributed by atoms with Gasteiger partial charge >= 0.3 is 0 Å². The Balaban J connectivity index is 2.11. The van der Waals surface area contributed by atoms with E-state index in [9.17, 15) is 5.26 Å². The lowest BCUT2D eigenvalue weighted by Crippen LogP contribution is -2.13. The van der Waals surface area contributed by atoms with Crippen molar-refractivity contribution in [2.45, 2.75) is 25.7 Å². The van der Waals surface area contributed by atoms with E-state index in [2.05, 4.69) is 11.0 Å². The predicted molar refractivity (Wildman–Crippen MR) is 108 cm³/mol. The fourth-order valence-electron chi connectivity index (χ4n) is 2.79. The van der Waals surface area contributed by atoms with Crippen molar-refractivity contribution in [1.82, 2.24) is 4.90 Å². The van der Waals surface area contributed by atoms with Crippen LogP contribution in [0.25, 0.3) is 11.1 Å². The van der Waals surface area contributed by atoms with Crippen molar-refractivity contribution in [3.05, 3.63) is 70.9 Å². The van der Waals surface area contributed by atoms with Gasteiger partial charge in [-0.2, -0.15) is 15.8 Å². The van der Waals surface area contributed by atoms with Gasteiger partial charge < -0.3 is 10.0 Å². The summed E-state index contributed by atoms with van der Waals surface area (Å²) in [5.41, 5.74) is 1.50. The number of aliphatic hydroxyl groups excluding tert-OH is 1. The third-order valence-electron chi connectivity index (χ3n) is 4.38. The maximum Gasteiger partial charge on any atom is 0.136 e. The third-order valence-corrected chi connectivity index (χ3v) is 4.38. The van der Waals surface area contributed by atoms with Gasteiger partial charge in [0.2, 0.25) is 0 Å². The first-order chi connectivity index (χ1) is 13.7. The topological polar surface area (TPSA) is 94.8 Å². The van der Waals surface area contributed by atoms with Gasteiger partial charge in [0.05, 0.1) is 11.6 Å². The molecule has 0 atom stereocenters. The van der Waals surface area contributed by atoms with Gasteiger partial charge in [0.1, 0.15) is 17.7 Å². The zero-order chi connectivity index (χ0) is 20.2. The molecule has 1 aliphatic heterocycles. The summed E-state index contributed by atoms with van der Waals surface area (Å²) in [5.74, 6) is 0. The Kier molecular flexibility index (Phi) is 8.28. The summed E-state index contributed by atoms with van der Waals surface area (Å²) in [5, 5.41) is 37.4. The lowest BCUT2D eigenvalue weighted by atomic mass is 10.1. The molecule has 0 saturated heterocycles. The number of hydrogen-bond donors (Lipinski definition) is 1. The Hall–Kier alpha value is -3.59. The third kappa shape index (κ3) is 5.99. The Morgan fingerprint density at radius 2 is 1.46 bits per heavy atom. The molecule has 1 aliphatic rings. The second-order valence-corrected chi connectivity index (χ2v) is 6.35. The molecule has 5 heteroatoms. The molecule has 140 valence electrons. The van der Waals surface area contributed by atoms with Crippen molar-refractivity contribution in [3.63, 3.8) is 0 Å². The fourth-order valence-corrected chi connectivity index (χ4v) is 2.79. The average Bonchev–Trinajstić information content (AvgIpc) is 2.74. The maximum atomic E-state index is 9.50. The zero-order valence-electron chi connectivity index (χ0n) is 15.7. The van der Waals surface area contributed by atoms with Crippen LogP contribution in [0.15, 0.2) is 60.5 Å². The predicted octanol–water partition coefficient (Wildman–Crippen LogP) is 2.38. The van der Waals surface area contributed by atoms with E-state index >= 15 is 0 Å². The minimum atomic E-state index is 0.0537. The molecule has 28 heavy (non-hydrogen) atoms. The lowest BCUT2D eigenvalue weighted by molar-refractivity contribution is 0.281. The zero-order valence-corrected chi connectivity index (χ0v) is 15.7. The quantitative estimate of drug-likeness (QED) is 0.744. The molecule has 1 aromatic carbocycles. The average molecular weight is 370 g/mol. The van der Waals surface area contributed by atoms with Crippen LogP contribution in [0.4, 0.5) is 0 Å². The molecule has 5 nitrogen and oxygen atoms in total. The molecule has 1 N–H and O–H groups in total. The highest BCUT2D eigenvalue weighted by molar-refractivity contribution is 5.74. The maximum absolute atomic E-state index is 9.50. The first kappa shape index (κ1) is 20.7. The number of aliphatic hydroxyl groups is 1. The highest BCUT2D eigenvalue weighted by Gasteiger charge is 2.02. The molecular formula is C23H22N4O. The Bertz CT molecular complexity index is 971. The van der Waals surface area contributed by atoms with E-state index < -0.39 is 0 Å². The van der Waals surface area contributed by atoms with Gasteiger partial charge in [-0.1, -0.05) is 37.1 Å². The summed E-state index contributed by atoms with van der Waals surface area (Å²) < 4.78 is 0. The van der Waals surface area contributed by atoms with E-state index in [-0.39, 0.29) is 12.2 Å². The molecular weight excluding hydrogens is 348 g/mol. The van der Waals surface area contributed by atoms with E-state index in [0.29, 0.717) is 10.8 Å². The summed E-state index contributed by atoms with van der Waals surface area (Å²) in [6.45, 7) is 1.19. The summed E-state index contributed by atoms with van der Waals surface area (Å²) in [6, 6.07) is 12.8. The van der Waals surface area contributed by atoms with Crippen molar-refractivity contribution >= 4 is 11.1 Å². The lowest BCUT2D eigenvalue weighted by Gasteiger charge is -2.18. The van der Waals surface area contributed by atoms with E-state index in [1.165, 1.54) is 0 Å². The van der Waals surface area contributed by atoms with Crippen LogP contribution in [-0.2, 0) is 0 Å². The summed E-state index contributed by atoms with van der Waals surface area (Å²) >= 11 is 0. The van der Waals surface area contributed by atoms with Crippen LogP contribution in [0.3, 0.4) is 0 Å². The van der Waals surface area contributed by atoms with E-state index in [1.807, 2.05) is 42.8 Å². The molecule has 0 bridgehead atoms. The number of hydrogen-bond acceptors (Lipinski definition) is 5. The second kappa shape index (κ2) is 11.2. The second-order valence-electron chi connectivity index (χ2n) is 6.35. The monoisotopic (exact) mass is 370 g/mol. The normalized spacial score (nSPS) is 12.1. The van der Waals surface area contributed by atoms with Crippen molar-refractivity contribution in [3.8, 4) is 18.2 Å². The van der Waals surface area contributed by atoms with Crippen LogP contribution in [0, 0.1) is 34.0 Å². The Morgan fingerprint density at radius 1 is 0.857 bits per heavy atom. The van der Waals surface area contributed by atoms with Crippen LogP contribution in [0.1, 0.15) is 25.7 Å². The molecule has 0 aliphatic carbocycles. The van der Waals surface area contributed by atoms with Crippen LogP contribution < -0.4 is 10.4 Å². The number of nitriles is 3. The smallest absolute Gasteiger partial charge is 0.136 e. The molecule has 0 spiro atoms. The number of benzene rings is 1. The standard InChI is InChI=1S/C23H22N4O/c24-16-22(20-5-7-21(8-6-20)23(17-25)18-26)15-19-9-12-27(13-10-19)11-3-1-2-4-14-28/h5-10,12-13,15,28H,1-4,11,14H2. The molecule has 0 aromatic heterocycles. The first-order valence-corrected chi connectivity index (χ1v) is 9.21. The van der Waals surface area contributed by atoms with Gasteiger partial charge in [0, 0.05) is 30.8 Å². The van der Waals surface area contributed by atoms with Crippen molar-refractivity contribution in [2.24, 2.45) is 0 Å². The van der Waals surface area contributed by atoms with Gasteiger partial charge in [-0.15, -0.1) is 0 Å². The molecule has 0 saturated carbocycles. The Labute approximate surface area is 165 Å². The van der Waals surface area contributed by atoms with E-state index in [4.69, 9.17) is 15.6 Å². The van der Waals surface area contributed by atoms with Gasteiger partial charge in [0.25, 0.3) is 0 Å².